The third kappa shape index (κ3) is 1.81. The summed E-state index contributed by atoms with van der Waals surface area (Å²) in [6.45, 7) is 1.54. The van der Waals surface area contributed by atoms with Crippen molar-refractivity contribution in [1.29, 1.82) is 0 Å². The van der Waals surface area contributed by atoms with Gasteiger partial charge in [-0.05, 0) is 13.0 Å². The van der Waals surface area contributed by atoms with Crippen molar-refractivity contribution < 1.29 is 9.50 Å². The highest BCUT2D eigenvalue weighted by Crippen LogP contribution is 2.16. The van der Waals surface area contributed by atoms with Crippen LogP contribution in [-0.4, -0.2) is 11.2 Å². The van der Waals surface area contributed by atoms with Crippen LogP contribution >= 0.6 is 0 Å². The normalized spacial score (nSPS) is 15.7. The molecule has 0 radical (unpaired) electrons. The number of rotatable bonds is 2. The topological polar surface area (TPSA) is 46.2 Å². The Morgan fingerprint density at radius 1 is 1.42 bits per heavy atom. The van der Waals surface area contributed by atoms with Crippen molar-refractivity contribution in [3.63, 3.8) is 0 Å². The van der Waals surface area contributed by atoms with E-state index in [1.165, 1.54) is 13.0 Å². The number of aliphatic hydroxyl groups excluding tert-OH is 1. The molecule has 0 bridgehead atoms. The molecule has 1 aromatic carbocycles. The van der Waals surface area contributed by atoms with Crippen LogP contribution in [0.2, 0.25) is 0 Å². The van der Waals surface area contributed by atoms with Gasteiger partial charge in [0, 0.05) is 5.56 Å². The fourth-order valence-corrected chi connectivity index (χ4v) is 1.01. The molecule has 0 aliphatic heterocycles. The van der Waals surface area contributed by atoms with Gasteiger partial charge in [0.1, 0.15) is 5.82 Å². The van der Waals surface area contributed by atoms with Crippen LogP contribution in [0.3, 0.4) is 0 Å². The van der Waals surface area contributed by atoms with Crippen LogP contribution in [0.5, 0.6) is 0 Å². The Labute approximate surface area is 70.8 Å². The first-order chi connectivity index (χ1) is 5.63. The van der Waals surface area contributed by atoms with E-state index in [0.29, 0.717) is 5.56 Å². The maximum absolute atomic E-state index is 13.0. The summed E-state index contributed by atoms with van der Waals surface area (Å²) in [5.74, 6) is -0.370. The Morgan fingerprint density at radius 2 is 2.00 bits per heavy atom. The minimum absolute atomic E-state index is 0.354. The fraction of sp³-hybridized carbons (Fsp3) is 0.333. The lowest BCUT2D eigenvalue weighted by molar-refractivity contribution is 0.162. The first-order valence-corrected chi connectivity index (χ1v) is 3.81. The van der Waals surface area contributed by atoms with Gasteiger partial charge in [0.25, 0.3) is 0 Å². The van der Waals surface area contributed by atoms with E-state index in [0.717, 1.165) is 0 Å². The zero-order valence-corrected chi connectivity index (χ0v) is 6.87. The van der Waals surface area contributed by atoms with Gasteiger partial charge in [0.2, 0.25) is 0 Å². The molecule has 12 heavy (non-hydrogen) atoms. The predicted molar refractivity (Wildman–Crippen MR) is 45.0 cm³/mol. The standard InChI is InChI=1S/C9H12FNO/c1-6(12)9(11)7-4-2-3-5-8(7)10/h2-6,9,12H,11H2,1H3/t6?,9-/m1/s1. The molecule has 0 saturated heterocycles. The van der Waals surface area contributed by atoms with Crippen LogP contribution in [-0.2, 0) is 0 Å². The number of hydrogen-bond acceptors (Lipinski definition) is 2. The summed E-state index contributed by atoms with van der Waals surface area (Å²) >= 11 is 0. The molecule has 2 nitrogen and oxygen atoms in total. The molecule has 1 rings (SSSR count). The van der Waals surface area contributed by atoms with Gasteiger partial charge in [-0.1, -0.05) is 18.2 Å². The van der Waals surface area contributed by atoms with Crippen LogP contribution < -0.4 is 5.73 Å². The highest BCUT2D eigenvalue weighted by Gasteiger charge is 2.14. The third-order valence-corrected chi connectivity index (χ3v) is 1.78. The summed E-state index contributed by atoms with van der Waals surface area (Å²) in [4.78, 5) is 0. The van der Waals surface area contributed by atoms with Gasteiger partial charge < -0.3 is 10.8 Å². The Hall–Kier alpha value is -0.930. The maximum atomic E-state index is 13.0. The third-order valence-electron chi connectivity index (χ3n) is 1.78. The van der Waals surface area contributed by atoms with Crippen molar-refractivity contribution in [2.24, 2.45) is 5.73 Å². The molecule has 66 valence electrons. The minimum Gasteiger partial charge on any atom is -0.391 e. The van der Waals surface area contributed by atoms with Gasteiger partial charge in [0.05, 0.1) is 12.1 Å². The van der Waals surface area contributed by atoms with E-state index >= 15 is 0 Å². The quantitative estimate of drug-likeness (QED) is 0.699. The zero-order valence-electron chi connectivity index (χ0n) is 6.87. The molecule has 3 N–H and O–H groups in total. The molecular formula is C9H12FNO. The monoisotopic (exact) mass is 169 g/mol. The van der Waals surface area contributed by atoms with Crippen molar-refractivity contribution in [2.75, 3.05) is 0 Å². The number of benzene rings is 1. The summed E-state index contributed by atoms with van der Waals surface area (Å²) in [6, 6.07) is 5.55. The van der Waals surface area contributed by atoms with Crippen LogP contribution in [0.15, 0.2) is 24.3 Å². The van der Waals surface area contributed by atoms with Crippen molar-refractivity contribution in [3.05, 3.63) is 35.6 Å². The molecule has 0 amide bonds. The van der Waals surface area contributed by atoms with Crippen LogP contribution in [0, 0.1) is 5.82 Å². The Bertz CT molecular complexity index is 262. The molecule has 1 unspecified atom stereocenters. The lowest BCUT2D eigenvalue weighted by atomic mass is 10.0. The van der Waals surface area contributed by atoms with Crippen LogP contribution in [0.4, 0.5) is 4.39 Å². The first-order valence-electron chi connectivity index (χ1n) is 3.81. The second-order valence-corrected chi connectivity index (χ2v) is 2.79. The van der Waals surface area contributed by atoms with E-state index in [1.54, 1.807) is 18.2 Å². The molecule has 0 spiro atoms. The molecule has 2 atom stereocenters. The summed E-state index contributed by atoms with van der Waals surface area (Å²) in [5, 5.41) is 9.11. The summed E-state index contributed by atoms with van der Waals surface area (Å²) in [7, 11) is 0. The van der Waals surface area contributed by atoms with E-state index in [1.807, 2.05) is 0 Å². The Balaban J connectivity index is 2.94. The van der Waals surface area contributed by atoms with Gasteiger partial charge in [-0.25, -0.2) is 4.39 Å². The summed E-state index contributed by atoms with van der Waals surface area (Å²) in [6.07, 6.45) is -0.734. The van der Waals surface area contributed by atoms with Crippen molar-refractivity contribution in [2.45, 2.75) is 19.1 Å². The van der Waals surface area contributed by atoms with E-state index in [-0.39, 0.29) is 5.82 Å². The van der Waals surface area contributed by atoms with Gasteiger partial charge in [-0.3, -0.25) is 0 Å². The lowest BCUT2D eigenvalue weighted by Gasteiger charge is -2.15. The highest BCUT2D eigenvalue weighted by molar-refractivity contribution is 5.21. The molecule has 0 aromatic heterocycles. The summed E-state index contributed by atoms with van der Waals surface area (Å²) < 4.78 is 13.0. The van der Waals surface area contributed by atoms with E-state index < -0.39 is 12.1 Å². The van der Waals surface area contributed by atoms with E-state index in [9.17, 15) is 4.39 Å². The Morgan fingerprint density at radius 3 is 2.50 bits per heavy atom. The number of halogens is 1. The number of aliphatic hydroxyl groups is 1. The van der Waals surface area contributed by atoms with Crippen molar-refractivity contribution >= 4 is 0 Å². The SMILES string of the molecule is CC(O)[C@@H](N)c1ccccc1F. The lowest BCUT2D eigenvalue weighted by Crippen LogP contribution is -2.24. The highest BCUT2D eigenvalue weighted by atomic mass is 19.1. The molecule has 3 heteroatoms. The van der Waals surface area contributed by atoms with Crippen molar-refractivity contribution in [3.8, 4) is 0 Å². The molecule has 0 heterocycles. The summed E-state index contributed by atoms with van der Waals surface area (Å²) in [5.41, 5.74) is 5.90. The second-order valence-electron chi connectivity index (χ2n) is 2.79. The first kappa shape index (κ1) is 9.16. The average molecular weight is 169 g/mol. The average Bonchev–Trinajstić information content (AvgIpc) is 2.04. The van der Waals surface area contributed by atoms with E-state index in [4.69, 9.17) is 10.8 Å². The molecule has 0 aliphatic carbocycles. The molecule has 0 saturated carbocycles. The molecule has 0 fully saturated rings. The Kier molecular flexibility index (Phi) is 2.78. The van der Waals surface area contributed by atoms with Gasteiger partial charge >= 0.3 is 0 Å². The van der Waals surface area contributed by atoms with Crippen LogP contribution in [0.1, 0.15) is 18.5 Å². The van der Waals surface area contributed by atoms with Gasteiger partial charge in [-0.2, -0.15) is 0 Å². The zero-order chi connectivity index (χ0) is 9.14. The maximum Gasteiger partial charge on any atom is 0.128 e. The minimum atomic E-state index is -0.734. The number of nitrogens with two attached hydrogens (primary N) is 1. The smallest absolute Gasteiger partial charge is 0.128 e. The van der Waals surface area contributed by atoms with Crippen LogP contribution in [0.25, 0.3) is 0 Å². The molecule has 1 aromatic rings. The largest absolute Gasteiger partial charge is 0.391 e. The second kappa shape index (κ2) is 3.65. The number of hydrogen-bond donors (Lipinski definition) is 2. The fourth-order valence-electron chi connectivity index (χ4n) is 1.01. The molecule has 0 aliphatic rings. The van der Waals surface area contributed by atoms with Gasteiger partial charge in [0.15, 0.2) is 0 Å². The predicted octanol–water partition coefficient (Wildman–Crippen LogP) is 1.21. The van der Waals surface area contributed by atoms with Crippen molar-refractivity contribution in [1.82, 2.24) is 0 Å². The molecular weight excluding hydrogens is 157 g/mol. The van der Waals surface area contributed by atoms with E-state index in [2.05, 4.69) is 0 Å². The van der Waals surface area contributed by atoms with Gasteiger partial charge in [-0.15, -0.1) is 0 Å².